The highest BCUT2D eigenvalue weighted by Gasteiger charge is 2.29. The molecule has 0 radical (unpaired) electrons. The maximum Gasteiger partial charge on any atom is 0.268 e. The molecule has 4 heterocycles. The van der Waals surface area contributed by atoms with Gasteiger partial charge in [0.15, 0.2) is 0 Å². The van der Waals surface area contributed by atoms with Gasteiger partial charge < -0.3 is 25.9 Å². The molecule has 5 N–H and O–H groups in total. The lowest BCUT2D eigenvalue weighted by molar-refractivity contribution is 0.102. The largest absolute Gasteiger partial charge is 0.490 e. The second-order valence-electron chi connectivity index (χ2n) is 17.3. The van der Waals surface area contributed by atoms with E-state index in [2.05, 4.69) is 15.2 Å². The molecule has 9 aromatic rings. The molecule has 2 aliphatic rings. The molecule has 0 saturated heterocycles. The Morgan fingerprint density at radius 2 is 1.12 bits per heavy atom. The average molecular weight is 927 g/mol. The summed E-state index contributed by atoms with van der Waals surface area (Å²) in [6, 6.07) is 39.8. The molecule has 0 bridgehead atoms. The van der Waals surface area contributed by atoms with E-state index in [0.29, 0.717) is 39.8 Å². The van der Waals surface area contributed by atoms with Gasteiger partial charge in [0, 0.05) is 16.3 Å². The number of H-pyrrole nitrogens is 1. The number of nitrogen functional groups attached to an aromatic ring is 2. The Labute approximate surface area is 393 Å². The van der Waals surface area contributed by atoms with E-state index in [-0.39, 0.29) is 33.9 Å². The van der Waals surface area contributed by atoms with Crippen LogP contribution in [0.3, 0.4) is 0 Å². The van der Waals surface area contributed by atoms with E-state index >= 15 is 0 Å². The summed E-state index contributed by atoms with van der Waals surface area (Å²) in [5, 5.41) is 10.3. The number of rotatable bonds is 12. The number of para-hydroxylation sites is 2. The fourth-order valence-electron chi connectivity index (χ4n) is 9.05. The van der Waals surface area contributed by atoms with Crippen LogP contribution in [-0.4, -0.2) is 60.7 Å². The van der Waals surface area contributed by atoms with E-state index < -0.39 is 15.8 Å². The van der Waals surface area contributed by atoms with Crippen molar-refractivity contribution in [1.82, 2.24) is 28.5 Å². The third kappa shape index (κ3) is 8.63. The molecule has 5 aromatic carbocycles. The minimum atomic E-state index is -4.08. The molecule has 344 valence electrons. The lowest BCUT2D eigenvalue weighted by Crippen LogP contribution is -2.19. The van der Waals surface area contributed by atoms with Gasteiger partial charge in [-0.05, 0) is 143 Å². The van der Waals surface area contributed by atoms with E-state index in [4.69, 9.17) is 20.9 Å². The number of hydrogen-bond donors (Lipinski definition) is 3. The summed E-state index contributed by atoms with van der Waals surface area (Å²) in [7, 11) is -4.08. The Morgan fingerprint density at radius 1 is 0.618 bits per heavy atom. The van der Waals surface area contributed by atoms with Crippen molar-refractivity contribution in [2.45, 2.75) is 75.4 Å². The van der Waals surface area contributed by atoms with Crippen molar-refractivity contribution in [2.24, 2.45) is 0 Å². The predicted octanol–water partition coefficient (Wildman–Crippen LogP) is 10.00. The number of nitrogens with zero attached hydrogens (tertiary/aromatic N) is 5. The van der Waals surface area contributed by atoms with Crippen molar-refractivity contribution < 1.29 is 27.5 Å². The standard InChI is InChI=1S/C30H28N4O4S.C23H22N4O2/c1-20-10-16-25(17-11-20)39(36,37)34-27-9-5-2-6-21(27)18-28(34)29(35)26-19-32-33(30(26)31)22-12-14-24(15-13-22)38-23-7-3-4-8-23;24-23-19(22(28)21-13-15-5-1-4-8-20(15)26-21)14-25-27(23)16-9-11-18(12-10-16)29-17-6-2-3-7-17/h2,5-6,9-19,23H,3-4,7-8,31H2,1H3;1,4-5,8-14,17,26H,2-3,6-7,24H2. The van der Waals surface area contributed by atoms with Gasteiger partial charge in [0.25, 0.3) is 10.0 Å². The van der Waals surface area contributed by atoms with Crippen LogP contribution in [0.5, 0.6) is 11.5 Å². The van der Waals surface area contributed by atoms with Crippen molar-refractivity contribution in [1.29, 1.82) is 0 Å². The first-order valence-corrected chi connectivity index (χ1v) is 24.3. The van der Waals surface area contributed by atoms with Crippen molar-refractivity contribution in [2.75, 3.05) is 11.5 Å². The minimum Gasteiger partial charge on any atom is -0.490 e. The first-order valence-electron chi connectivity index (χ1n) is 22.8. The van der Waals surface area contributed by atoms with Gasteiger partial charge in [-0.1, -0.05) is 54.1 Å². The molecule has 14 nitrogen and oxygen atoms in total. The van der Waals surface area contributed by atoms with Gasteiger partial charge in [-0.3, -0.25) is 9.59 Å². The van der Waals surface area contributed by atoms with Crippen molar-refractivity contribution >= 4 is 55.0 Å². The van der Waals surface area contributed by atoms with Crippen LogP contribution in [0.15, 0.2) is 151 Å². The molecular weight excluding hydrogens is 877 g/mol. The van der Waals surface area contributed by atoms with E-state index in [0.717, 1.165) is 63.3 Å². The maximum absolute atomic E-state index is 13.8. The summed E-state index contributed by atoms with van der Waals surface area (Å²) in [6.07, 6.45) is 12.7. The highest BCUT2D eigenvalue weighted by Crippen LogP contribution is 2.32. The molecule has 2 fully saturated rings. The molecular formula is C53H50N8O6S. The van der Waals surface area contributed by atoms with Crippen LogP contribution in [0.1, 0.15) is 89.0 Å². The Morgan fingerprint density at radius 3 is 1.66 bits per heavy atom. The second kappa shape index (κ2) is 18.4. The number of anilines is 2. The summed E-state index contributed by atoms with van der Waals surface area (Å²) in [6.45, 7) is 1.88. The third-order valence-electron chi connectivity index (χ3n) is 12.7. The second-order valence-corrected chi connectivity index (χ2v) is 19.1. The smallest absolute Gasteiger partial charge is 0.268 e. The summed E-state index contributed by atoms with van der Waals surface area (Å²) in [5.41, 5.74) is 17.4. The molecule has 15 heteroatoms. The van der Waals surface area contributed by atoms with E-state index in [9.17, 15) is 18.0 Å². The normalized spacial score (nSPS) is 14.3. The lowest BCUT2D eigenvalue weighted by atomic mass is 10.1. The Bertz CT molecular complexity index is 3360. The number of nitrogens with two attached hydrogens (primary N) is 2. The first kappa shape index (κ1) is 44.0. The fraction of sp³-hybridized carbons (Fsp3) is 0.208. The van der Waals surface area contributed by atoms with E-state index in [1.54, 1.807) is 59.3 Å². The Hall–Kier alpha value is -7.91. The van der Waals surface area contributed by atoms with Crippen LogP contribution in [0, 0.1) is 6.92 Å². The van der Waals surface area contributed by atoms with Gasteiger partial charge in [0.1, 0.15) is 28.8 Å². The fourth-order valence-corrected chi connectivity index (χ4v) is 10.6. The van der Waals surface area contributed by atoms with E-state index in [1.807, 2.05) is 85.8 Å². The number of aromatic nitrogens is 6. The predicted molar refractivity (Wildman–Crippen MR) is 263 cm³/mol. The molecule has 0 aliphatic heterocycles. The lowest BCUT2D eigenvalue weighted by Gasteiger charge is -2.13. The minimum absolute atomic E-state index is 0.0108. The molecule has 11 rings (SSSR count). The van der Waals surface area contributed by atoms with Crippen molar-refractivity contribution in [3.63, 3.8) is 0 Å². The molecule has 2 saturated carbocycles. The third-order valence-corrected chi connectivity index (χ3v) is 14.4. The topological polar surface area (TPSA) is 195 Å². The summed E-state index contributed by atoms with van der Waals surface area (Å²) < 4.78 is 43.8. The van der Waals surface area contributed by atoms with Crippen LogP contribution in [0.2, 0.25) is 0 Å². The van der Waals surface area contributed by atoms with Crippen molar-refractivity contribution in [3.05, 3.63) is 174 Å². The highest BCUT2D eigenvalue weighted by molar-refractivity contribution is 7.90. The molecule has 2 aliphatic carbocycles. The number of nitrogens with one attached hydrogen (secondary N) is 1. The SMILES string of the molecule is Cc1ccc(S(=O)(=O)n2c(C(=O)c3cnn(-c4ccc(OC5CCCC5)cc4)c3N)cc3ccccc32)cc1.Nc1c(C(=O)c2cc3ccccc3[nH]2)cnn1-c1ccc(OC2CCCC2)cc1. The van der Waals surface area contributed by atoms with E-state index in [1.165, 1.54) is 42.8 Å². The van der Waals surface area contributed by atoms with Crippen LogP contribution in [-0.2, 0) is 10.0 Å². The number of aromatic amines is 1. The van der Waals surface area contributed by atoms with Crippen LogP contribution < -0.4 is 20.9 Å². The number of carbonyl (C=O) groups is 2. The number of benzene rings is 5. The zero-order valence-electron chi connectivity index (χ0n) is 37.4. The summed E-state index contributed by atoms with van der Waals surface area (Å²) in [4.78, 5) is 30.0. The number of carbonyl (C=O) groups excluding carboxylic acids is 2. The van der Waals surface area contributed by atoms with Gasteiger partial charge in [-0.25, -0.2) is 21.8 Å². The number of ether oxygens (including phenoxy) is 2. The van der Waals surface area contributed by atoms with Gasteiger partial charge in [-0.15, -0.1) is 0 Å². The first-order chi connectivity index (χ1) is 33.0. The number of aryl methyl sites for hydroxylation is 1. The maximum atomic E-state index is 13.8. The molecule has 4 aromatic heterocycles. The van der Waals surface area contributed by atoms with Crippen LogP contribution >= 0.6 is 0 Å². The number of hydrogen-bond acceptors (Lipinski definition) is 10. The average Bonchev–Trinajstić information content (AvgIpc) is 4.23. The Balaban J connectivity index is 0.000000165. The summed E-state index contributed by atoms with van der Waals surface area (Å²) >= 11 is 0. The molecule has 68 heavy (non-hydrogen) atoms. The highest BCUT2D eigenvalue weighted by atomic mass is 32.2. The molecule has 0 atom stereocenters. The van der Waals surface area contributed by atoms with Crippen LogP contribution in [0.4, 0.5) is 11.6 Å². The Kier molecular flexibility index (Phi) is 11.9. The van der Waals surface area contributed by atoms with Gasteiger partial charge in [0.05, 0.1) is 63.2 Å². The van der Waals surface area contributed by atoms with Crippen LogP contribution in [0.25, 0.3) is 33.2 Å². The van der Waals surface area contributed by atoms with Gasteiger partial charge in [0.2, 0.25) is 11.6 Å². The molecule has 0 amide bonds. The zero-order valence-corrected chi connectivity index (χ0v) is 38.2. The number of ketones is 2. The van der Waals surface area contributed by atoms with Gasteiger partial charge >= 0.3 is 0 Å². The molecule has 0 unspecified atom stereocenters. The number of fused-ring (bicyclic) bond motifs is 2. The zero-order chi connectivity index (χ0) is 46.9. The quantitative estimate of drug-likeness (QED) is 0.0993. The summed E-state index contributed by atoms with van der Waals surface area (Å²) in [5.74, 6) is 1.35. The monoisotopic (exact) mass is 926 g/mol. The van der Waals surface area contributed by atoms with Gasteiger partial charge in [-0.2, -0.15) is 10.2 Å². The molecule has 0 spiro atoms. The van der Waals surface area contributed by atoms with Crippen molar-refractivity contribution in [3.8, 4) is 22.9 Å².